The maximum atomic E-state index is 12.6. The summed E-state index contributed by atoms with van der Waals surface area (Å²) in [5.41, 5.74) is 0.673. The molecule has 1 atom stereocenters. The van der Waals surface area contributed by atoms with Crippen molar-refractivity contribution in [1.82, 2.24) is 0 Å². The van der Waals surface area contributed by atoms with Gasteiger partial charge in [0, 0.05) is 30.0 Å². The number of methoxy groups -OCH3 is 4. The summed E-state index contributed by atoms with van der Waals surface area (Å²) in [4.78, 5) is 24.6. The molecule has 10 heteroatoms. The minimum atomic E-state index is -1.37. The lowest BCUT2D eigenvalue weighted by Gasteiger charge is -2.14. The number of hydrogen-bond acceptors (Lipinski definition) is 8. The van der Waals surface area contributed by atoms with E-state index in [-0.39, 0.29) is 5.02 Å². The van der Waals surface area contributed by atoms with E-state index in [1.54, 1.807) is 18.2 Å². The topological polar surface area (TPSA) is 108 Å². The molecule has 2 rings (SSSR count). The second kappa shape index (κ2) is 10.4. The third-order valence-electron chi connectivity index (χ3n) is 3.96. The van der Waals surface area contributed by atoms with Gasteiger partial charge >= 0.3 is 0 Å². The summed E-state index contributed by atoms with van der Waals surface area (Å²) in [5, 5.41) is 10.7. The molecule has 0 fully saturated rings. The molecule has 1 amide bonds. The second-order valence-electron chi connectivity index (χ2n) is 5.98. The zero-order valence-corrected chi connectivity index (χ0v) is 17.9. The average molecular weight is 436 g/mol. The predicted octanol–water partition coefficient (Wildman–Crippen LogP) is 4.05. The fourth-order valence-corrected chi connectivity index (χ4v) is 2.78. The fraction of sp³-hybridized carbons (Fsp3) is 0.300. The Morgan fingerprint density at radius 2 is 1.57 bits per heavy atom. The van der Waals surface area contributed by atoms with Gasteiger partial charge in [-0.05, 0) is 13.0 Å². The van der Waals surface area contributed by atoms with Crippen molar-refractivity contribution in [2.45, 2.75) is 13.0 Å². The Balaban J connectivity index is 2.27. The van der Waals surface area contributed by atoms with Crippen LogP contribution in [0.3, 0.4) is 0 Å². The normalized spacial score (nSPS) is 11.7. The number of azo groups is 1. The third-order valence-corrected chi connectivity index (χ3v) is 4.24. The van der Waals surface area contributed by atoms with Crippen LogP contribution in [-0.4, -0.2) is 46.2 Å². The Morgan fingerprint density at radius 1 is 0.933 bits per heavy atom. The van der Waals surface area contributed by atoms with E-state index in [2.05, 4.69) is 15.5 Å². The summed E-state index contributed by atoms with van der Waals surface area (Å²) in [6.07, 6.45) is 0. The summed E-state index contributed by atoms with van der Waals surface area (Å²) in [6, 6.07) is 6.47. The number of carbonyl (C=O) groups excluding carboxylic acids is 2. The second-order valence-corrected chi connectivity index (χ2v) is 6.39. The minimum Gasteiger partial charge on any atom is -0.497 e. The van der Waals surface area contributed by atoms with E-state index in [1.165, 1.54) is 47.5 Å². The Kier molecular flexibility index (Phi) is 7.99. The molecule has 1 N–H and O–H groups in total. The van der Waals surface area contributed by atoms with Crippen LogP contribution in [0.1, 0.15) is 6.92 Å². The van der Waals surface area contributed by atoms with Gasteiger partial charge in [-0.1, -0.05) is 11.6 Å². The first-order valence-corrected chi connectivity index (χ1v) is 9.07. The number of benzene rings is 2. The summed E-state index contributed by atoms with van der Waals surface area (Å²) >= 11 is 6.15. The highest BCUT2D eigenvalue weighted by atomic mass is 35.5. The fourth-order valence-electron chi connectivity index (χ4n) is 2.49. The van der Waals surface area contributed by atoms with Gasteiger partial charge in [-0.2, -0.15) is 10.2 Å². The molecule has 2 aromatic carbocycles. The highest BCUT2D eigenvalue weighted by Crippen LogP contribution is 2.38. The first-order valence-electron chi connectivity index (χ1n) is 8.69. The van der Waals surface area contributed by atoms with Gasteiger partial charge in [-0.25, -0.2) is 0 Å². The number of nitrogens with one attached hydrogen (secondary N) is 1. The molecule has 160 valence electrons. The lowest BCUT2D eigenvalue weighted by atomic mass is 10.2. The van der Waals surface area contributed by atoms with E-state index < -0.39 is 17.7 Å². The van der Waals surface area contributed by atoms with Crippen molar-refractivity contribution >= 4 is 34.7 Å². The van der Waals surface area contributed by atoms with Crippen molar-refractivity contribution in [3.63, 3.8) is 0 Å². The quantitative estimate of drug-likeness (QED) is 0.470. The number of ether oxygens (including phenoxy) is 4. The maximum Gasteiger partial charge on any atom is 0.258 e. The Bertz CT molecular complexity index is 942. The van der Waals surface area contributed by atoms with Crippen LogP contribution in [-0.2, 0) is 9.59 Å². The van der Waals surface area contributed by atoms with Gasteiger partial charge in [-0.15, -0.1) is 0 Å². The van der Waals surface area contributed by atoms with Crippen molar-refractivity contribution in [3.05, 3.63) is 35.4 Å². The number of ketones is 1. The molecule has 0 aromatic heterocycles. The average Bonchev–Trinajstić information content (AvgIpc) is 2.72. The molecule has 0 saturated heterocycles. The molecule has 30 heavy (non-hydrogen) atoms. The Hall–Kier alpha value is -3.33. The smallest absolute Gasteiger partial charge is 0.258 e. The van der Waals surface area contributed by atoms with E-state index in [4.69, 9.17) is 30.5 Å². The van der Waals surface area contributed by atoms with Crippen molar-refractivity contribution < 1.29 is 28.5 Å². The van der Waals surface area contributed by atoms with Crippen LogP contribution in [0.2, 0.25) is 5.02 Å². The molecule has 0 radical (unpaired) electrons. The molecule has 0 heterocycles. The number of hydrogen-bond donors (Lipinski definition) is 1. The van der Waals surface area contributed by atoms with Crippen LogP contribution in [0.4, 0.5) is 11.4 Å². The predicted molar refractivity (Wildman–Crippen MR) is 112 cm³/mol. The maximum absolute atomic E-state index is 12.6. The Morgan fingerprint density at radius 3 is 2.07 bits per heavy atom. The molecule has 0 aliphatic heterocycles. The highest BCUT2D eigenvalue weighted by molar-refractivity contribution is 6.32. The van der Waals surface area contributed by atoms with Gasteiger partial charge in [0.15, 0.2) is 17.3 Å². The lowest BCUT2D eigenvalue weighted by molar-refractivity contribution is -0.126. The van der Waals surface area contributed by atoms with Crippen LogP contribution in [0, 0.1) is 0 Å². The molecule has 0 bridgehead atoms. The van der Waals surface area contributed by atoms with Gasteiger partial charge in [0.1, 0.15) is 11.5 Å². The van der Waals surface area contributed by atoms with E-state index in [0.29, 0.717) is 34.4 Å². The summed E-state index contributed by atoms with van der Waals surface area (Å²) in [5.74, 6) is 0.470. The van der Waals surface area contributed by atoms with Crippen molar-refractivity contribution in [2.24, 2.45) is 10.2 Å². The zero-order chi connectivity index (χ0) is 22.3. The van der Waals surface area contributed by atoms with E-state index in [1.807, 2.05) is 0 Å². The van der Waals surface area contributed by atoms with Gasteiger partial charge < -0.3 is 24.3 Å². The first kappa shape index (κ1) is 23.0. The van der Waals surface area contributed by atoms with Crippen molar-refractivity contribution in [1.29, 1.82) is 0 Å². The monoisotopic (exact) mass is 435 g/mol. The number of halogens is 1. The SMILES string of the molecule is COc1cc(N=NC(C(C)=O)C(=O)Nc2cc(Cl)c(OC)c(OC)c2)cc(OC)c1. The molecular weight excluding hydrogens is 414 g/mol. The van der Waals surface area contributed by atoms with Crippen LogP contribution in [0.5, 0.6) is 23.0 Å². The number of Topliss-reactive ketones (excluding diaryl/α,β-unsaturated/α-hetero) is 1. The van der Waals surface area contributed by atoms with Crippen LogP contribution < -0.4 is 24.3 Å². The number of carbonyl (C=O) groups is 2. The van der Waals surface area contributed by atoms with Crippen LogP contribution >= 0.6 is 11.6 Å². The van der Waals surface area contributed by atoms with Gasteiger partial charge in [0.2, 0.25) is 6.04 Å². The molecule has 1 unspecified atom stereocenters. The number of nitrogens with zero attached hydrogens (tertiary/aromatic N) is 2. The van der Waals surface area contributed by atoms with Gasteiger partial charge in [-0.3, -0.25) is 9.59 Å². The molecular formula is C20H22ClN3O6. The molecule has 0 spiro atoms. The van der Waals surface area contributed by atoms with E-state index in [9.17, 15) is 9.59 Å². The van der Waals surface area contributed by atoms with Crippen LogP contribution in [0.15, 0.2) is 40.6 Å². The highest BCUT2D eigenvalue weighted by Gasteiger charge is 2.24. The number of anilines is 1. The number of rotatable bonds is 9. The van der Waals surface area contributed by atoms with E-state index >= 15 is 0 Å². The van der Waals surface area contributed by atoms with Crippen molar-refractivity contribution in [3.8, 4) is 23.0 Å². The molecule has 0 aliphatic carbocycles. The summed E-state index contributed by atoms with van der Waals surface area (Å²) in [7, 11) is 5.88. The first-order chi connectivity index (χ1) is 14.3. The van der Waals surface area contributed by atoms with Crippen LogP contribution in [0.25, 0.3) is 0 Å². The van der Waals surface area contributed by atoms with Crippen molar-refractivity contribution in [2.75, 3.05) is 33.8 Å². The molecule has 9 nitrogen and oxygen atoms in total. The van der Waals surface area contributed by atoms with Gasteiger partial charge in [0.25, 0.3) is 5.91 Å². The lowest BCUT2D eigenvalue weighted by Crippen LogP contribution is -2.31. The number of amides is 1. The molecule has 2 aromatic rings. The Labute approximate surface area is 178 Å². The van der Waals surface area contributed by atoms with Gasteiger partial charge in [0.05, 0.1) is 39.1 Å². The zero-order valence-electron chi connectivity index (χ0n) is 17.2. The largest absolute Gasteiger partial charge is 0.497 e. The summed E-state index contributed by atoms with van der Waals surface area (Å²) < 4.78 is 20.7. The standard InChI is InChI=1S/C20H22ClN3O6/c1-11(25)18(24-23-13-6-14(27-2)10-15(7-13)28-3)20(26)22-12-8-16(21)19(30-5)17(9-12)29-4/h6-10,18H,1-5H3,(H,22,26). The third kappa shape index (κ3) is 5.60. The summed E-state index contributed by atoms with van der Waals surface area (Å²) in [6.45, 7) is 1.25. The molecule has 0 aliphatic rings. The molecule has 0 saturated carbocycles. The minimum absolute atomic E-state index is 0.233. The van der Waals surface area contributed by atoms with E-state index in [0.717, 1.165) is 0 Å².